The number of aromatic carboxylic acids is 1. The Bertz CT molecular complexity index is 1190. The van der Waals surface area contributed by atoms with Crippen molar-refractivity contribution in [3.05, 3.63) is 52.5 Å². The van der Waals surface area contributed by atoms with E-state index in [9.17, 15) is 18.0 Å². The zero-order chi connectivity index (χ0) is 19.2. The van der Waals surface area contributed by atoms with Crippen LogP contribution < -0.4 is 10.9 Å². The second-order valence-electron chi connectivity index (χ2n) is 5.31. The average Bonchev–Trinajstić information content (AvgIpc) is 2.88. The molecule has 0 amide bonds. The topological polar surface area (TPSA) is 158 Å². The van der Waals surface area contributed by atoms with Gasteiger partial charge in [0, 0.05) is 5.56 Å². The minimum absolute atomic E-state index is 0.0161. The van der Waals surface area contributed by atoms with Crippen molar-refractivity contribution in [2.75, 3.05) is 5.73 Å². The molecule has 0 unspecified atom stereocenters. The second kappa shape index (κ2) is 6.09. The first-order valence-corrected chi connectivity index (χ1v) is 8.90. The third-order valence-corrected chi connectivity index (χ3v) is 5.01. The van der Waals surface area contributed by atoms with Gasteiger partial charge in [0.05, 0.1) is 21.6 Å². The molecule has 0 saturated heterocycles. The number of aromatic nitrogens is 2. The maximum atomic E-state index is 12.8. The highest BCUT2D eigenvalue weighted by molar-refractivity contribution is 7.89. The van der Waals surface area contributed by atoms with Crippen LogP contribution in [0.1, 0.15) is 20.7 Å². The summed E-state index contributed by atoms with van der Waals surface area (Å²) in [4.78, 5) is 27.4. The lowest BCUT2D eigenvalue weighted by atomic mass is 10.2. The number of nitrogen functional groups attached to an aromatic ring is 1. The molecule has 0 bridgehead atoms. The van der Waals surface area contributed by atoms with Gasteiger partial charge in [-0.2, -0.15) is 0 Å². The minimum Gasteiger partial charge on any atom is -0.478 e. The fraction of sp³-hybridized carbons (Fsp3) is 0. The Morgan fingerprint density at radius 1 is 1.12 bits per heavy atom. The number of imidazole rings is 1. The number of primary sulfonamides is 1. The zero-order valence-electron chi connectivity index (χ0n) is 12.9. The molecule has 3 rings (SSSR count). The van der Waals surface area contributed by atoms with E-state index in [0.717, 1.165) is 10.6 Å². The summed E-state index contributed by atoms with van der Waals surface area (Å²) in [6.45, 7) is 0. The second-order valence-corrected chi connectivity index (χ2v) is 7.25. The number of anilines is 1. The third kappa shape index (κ3) is 3.01. The number of hydrogen-bond acceptors (Lipinski definition) is 6. The minimum atomic E-state index is -4.13. The largest absolute Gasteiger partial charge is 0.478 e. The molecule has 0 aliphatic heterocycles. The van der Waals surface area contributed by atoms with Gasteiger partial charge in [-0.25, -0.2) is 27.9 Å². The molecule has 1 heterocycles. The first kappa shape index (κ1) is 17.9. The standard InChI is InChI=1S/C15H11ClN4O5S/c16-9-3-1-7(6-12(9)26(18,24)25)13(21)20-11-4-2-8(14(22)23)5-10(11)19-15(20)17/h1-6H,(H2,17,19)(H,22,23)(H2,18,24,25). The van der Waals surface area contributed by atoms with Gasteiger partial charge in [-0.1, -0.05) is 11.6 Å². The van der Waals surface area contributed by atoms with Crippen LogP contribution >= 0.6 is 11.6 Å². The van der Waals surface area contributed by atoms with Crippen molar-refractivity contribution in [3.63, 3.8) is 0 Å². The van der Waals surface area contributed by atoms with E-state index in [0.29, 0.717) is 0 Å². The van der Waals surface area contributed by atoms with Crippen LogP contribution in [0, 0.1) is 0 Å². The van der Waals surface area contributed by atoms with Crippen molar-refractivity contribution in [1.82, 2.24) is 9.55 Å². The predicted octanol–water partition coefficient (Wildman–Crippen LogP) is 1.31. The molecule has 0 atom stereocenters. The van der Waals surface area contributed by atoms with Gasteiger partial charge < -0.3 is 10.8 Å². The molecule has 0 radical (unpaired) electrons. The quantitative estimate of drug-likeness (QED) is 0.603. The van der Waals surface area contributed by atoms with E-state index in [-0.39, 0.29) is 33.1 Å². The number of carbonyl (C=O) groups excluding carboxylic acids is 1. The Balaban J connectivity index is 2.17. The average molecular weight is 395 g/mol. The fourth-order valence-electron chi connectivity index (χ4n) is 2.43. The monoisotopic (exact) mass is 394 g/mol. The van der Waals surface area contributed by atoms with E-state index in [1.165, 1.54) is 30.3 Å². The van der Waals surface area contributed by atoms with Gasteiger partial charge in [0.1, 0.15) is 4.90 Å². The molecule has 9 nitrogen and oxygen atoms in total. The molecule has 2 aromatic carbocycles. The van der Waals surface area contributed by atoms with Crippen LogP contribution in [0.25, 0.3) is 11.0 Å². The fourth-order valence-corrected chi connectivity index (χ4v) is 3.50. The number of sulfonamides is 1. The van der Waals surface area contributed by atoms with Crippen LogP contribution in [0.3, 0.4) is 0 Å². The van der Waals surface area contributed by atoms with Crippen LogP contribution in [0.15, 0.2) is 41.3 Å². The lowest BCUT2D eigenvalue weighted by molar-refractivity contribution is 0.0696. The van der Waals surface area contributed by atoms with E-state index >= 15 is 0 Å². The van der Waals surface area contributed by atoms with Crippen LogP contribution in [-0.2, 0) is 10.0 Å². The molecule has 3 aromatic rings. The number of hydrogen-bond donors (Lipinski definition) is 3. The number of rotatable bonds is 3. The number of carboxylic acid groups (broad SMARTS) is 1. The highest BCUT2D eigenvalue weighted by atomic mass is 35.5. The normalized spacial score (nSPS) is 11.6. The molecule has 5 N–H and O–H groups in total. The van der Waals surface area contributed by atoms with Crippen molar-refractivity contribution >= 4 is 50.5 Å². The first-order chi connectivity index (χ1) is 12.1. The number of carboxylic acids is 1. The smallest absolute Gasteiger partial charge is 0.335 e. The lowest BCUT2D eigenvalue weighted by Crippen LogP contribution is -2.17. The summed E-state index contributed by atoms with van der Waals surface area (Å²) in [5.74, 6) is -2.00. The highest BCUT2D eigenvalue weighted by Crippen LogP contribution is 2.25. The summed E-state index contributed by atoms with van der Waals surface area (Å²) >= 11 is 5.81. The lowest BCUT2D eigenvalue weighted by Gasteiger charge is -2.08. The van der Waals surface area contributed by atoms with Crippen LogP contribution in [-0.4, -0.2) is 35.0 Å². The predicted molar refractivity (Wildman–Crippen MR) is 93.7 cm³/mol. The molecule has 134 valence electrons. The summed E-state index contributed by atoms with van der Waals surface area (Å²) in [6.07, 6.45) is 0. The maximum Gasteiger partial charge on any atom is 0.335 e. The van der Waals surface area contributed by atoms with Gasteiger partial charge >= 0.3 is 5.97 Å². The van der Waals surface area contributed by atoms with Crippen LogP contribution in [0.5, 0.6) is 0 Å². The summed E-state index contributed by atoms with van der Waals surface area (Å²) in [7, 11) is -4.13. The van der Waals surface area contributed by atoms with E-state index in [4.69, 9.17) is 27.6 Å². The van der Waals surface area contributed by atoms with Gasteiger partial charge in [0.25, 0.3) is 5.91 Å². The number of fused-ring (bicyclic) bond motifs is 1. The molecule has 0 aliphatic carbocycles. The molecule has 1 aromatic heterocycles. The van der Waals surface area contributed by atoms with Crippen molar-refractivity contribution in [2.24, 2.45) is 5.14 Å². The van der Waals surface area contributed by atoms with Gasteiger partial charge in [-0.3, -0.25) is 4.79 Å². The maximum absolute atomic E-state index is 12.8. The number of carbonyl (C=O) groups is 2. The Morgan fingerprint density at radius 3 is 2.38 bits per heavy atom. The van der Waals surface area contributed by atoms with Gasteiger partial charge in [0.2, 0.25) is 16.0 Å². The van der Waals surface area contributed by atoms with Crippen molar-refractivity contribution < 1.29 is 23.1 Å². The molecule has 0 saturated carbocycles. The molecule has 0 fully saturated rings. The Hall–Kier alpha value is -2.95. The van der Waals surface area contributed by atoms with Crippen molar-refractivity contribution in [3.8, 4) is 0 Å². The van der Waals surface area contributed by atoms with Gasteiger partial charge in [0.15, 0.2) is 0 Å². The van der Waals surface area contributed by atoms with Crippen LogP contribution in [0.4, 0.5) is 5.95 Å². The van der Waals surface area contributed by atoms with E-state index in [2.05, 4.69) is 4.98 Å². The summed E-state index contributed by atoms with van der Waals surface area (Å²) in [6, 6.07) is 7.54. The Morgan fingerprint density at radius 2 is 1.77 bits per heavy atom. The van der Waals surface area contributed by atoms with E-state index < -0.39 is 26.8 Å². The number of nitrogens with zero attached hydrogens (tertiary/aromatic N) is 2. The first-order valence-electron chi connectivity index (χ1n) is 6.98. The zero-order valence-corrected chi connectivity index (χ0v) is 14.5. The highest BCUT2D eigenvalue weighted by Gasteiger charge is 2.21. The molecule has 0 aliphatic rings. The Labute approximate surface area is 151 Å². The molecule has 11 heteroatoms. The van der Waals surface area contributed by atoms with Crippen LogP contribution in [0.2, 0.25) is 5.02 Å². The molecule has 26 heavy (non-hydrogen) atoms. The van der Waals surface area contributed by atoms with Gasteiger partial charge in [-0.15, -0.1) is 0 Å². The molecule has 0 spiro atoms. The van der Waals surface area contributed by atoms with E-state index in [1.54, 1.807) is 0 Å². The van der Waals surface area contributed by atoms with E-state index in [1.807, 2.05) is 0 Å². The summed E-state index contributed by atoms with van der Waals surface area (Å²) < 4.78 is 24.2. The third-order valence-electron chi connectivity index (χ3n) is 3.62. The molecular formula is C15H11ClN4O5S. The summed E-state index contributed by atoms with van der Waals surface area (Å²) in [5.41, 5.74) is 6.21. The molecular weight excluding hydrogens is 384 g/mol. The summed E-state index contributed by atoms with van der Waals surface area (Å²) in [5, 5.41) is 14.0. The number of halogens is 1. The SMILES string of the molecule is Nc1nc2cc(C(=O)O)ccc2n1C(=O)c1ccc(Cl)c(S(N)(=O)=O)c1. The van der Waals surface area contributed by atoms with Gasteiger partial charge in [-0.05, 0) is 36.4 Å². The number of benzene rings is 2. The number of nitrogens with two attached hydrogens (primary N) is 2. The van der Waals surface area contributed by atoms with Crippen molar-refractivity contribution in [1.29, 1.82) is 0 Å². The van der Waals surface area contributed by atoms with Crippen molar-refractivity contribution in [2.45, 2.75) is 4.90 Å². The Kier molecular flexibility index (Phi) is 4.18.